The summed E-state index contributed by atoms with van der Waals surface area (Å²) < 4.78 is 24.3. The van der Waals surface area contributed by atoms with E-state index in [-0.39, 0.29) is 12.3 Å². The molecule has 25 heavy (non-hydrogen) atoms. The van der Waals surface area contributed by atoms with Crippen LogP contribution in [0.1, 0.15) is 21.5 Å². The summed E-state index contributed by atoms with van der Waals surface area (Å²) in [7, 11) is -3.58. The maximum Gasteiger partial charge on any atom is 0.258 e. The Morgan fingerprint density at radius 1 is 1.08 bits per heavy atom. The normalized spacial score (nSPS) is 13.4. The Hall–Kier alpha value is -2.67. The van der Waals surface area contributed by atoms with E-state index in [0.29, 0.717) is 18.5 Å². The van der Waals surface area contributed by atoms with E-state index in [1.165, 1.54) is 0 Å². The maximum atomic E-state index is 12.7. The van der Waals surface area contributed by atoms with Gasteiger partial charge in [0.25, 0.3) is 5.91 Å². The summed E-state index contributed by atoms with van der Waals surface area (Å²) in [5, 5.41) is 0. The van der Waals surface area contributed by atoms with E-state index >= 15 is 0 Å². The van der Waals surface area contributed by atoms with Gasteiger partial charge in [-0.25, -0.2) is 8.42 Å². The summed E-state index contributed by atoms with van der Waals surface area (Å²) in [6, 6.07) is 14.4. The van der Waals surface area contributed by atoms with Gasteiger partial charge in [0, 0.05) is 17.8 Å². The lowest BCUT2D eigenvalue weighted by atomic mass is 10.0. The Labute approximate surface area is 146 Å². The van der Waals surface area contributed by atoms with Gasteiger partial charge in [0.15, 0.2) is 0 Å². The zero-order valence-corrected chi connectivity index (χ0v) is 14.5. The molecular formula is C18H18N2O4S. The van der Waals surface area contributed by atoms with Crippen molar-refractivity contribution in [2.45, 2.75) is 12.8 Å². The number of nitrogens with one attached hydrogen (secondary N) is 1. The van der Waals surface area contributed by atoms with Gasteiger partial charge in [0.05, 0.1) is 12.7 Å². The van der Waals surface area contributed by atoms with Gasteiger partial charge in [-0.2, -0.15) is 0 Å². The molecule has 1 aliphatic rings. The lowest BCUT2D eigenvalue weighted by molar-refractivity contribution is -0.118. The van der Waals surface area contributed by atoms with Crippen LogP contribution in [-0.4, -0.2) is 33.0 Å². The molecule has 2 amide bonds. The molecule has 130 valence electrons. The van der Waals surface area contributed by atoms with Gasteiger partial charge in [0.2, 0.25) is 15.9 Å². The van der Waals surface area contributed by atoms with E-state index in [2.05, 4.69) is 0 Å². The van der Waals surface area contributed by atoms with E-state index in [1.54, 1.807) is 29.2 Å². The van der Waals surface area contributed by atoms with Crippen LogP contribution in [-0.2, 0) is 27.7 Å². The van der Waals surface area contributed by atoms with Crippen molar-refractivity contribution in [3.63, 3.8) is 0 Å². The number of hydrogen-bond acceptors (Lipinski definition) is 4. The van der Waals surface area contributed by atoms with Gasteiger partial charge in [-0.15, -0.1) is 0 Å². The SMILES string of the molecule is CS(=O)(=O)NC(=O)Cc1cccc2c1CCN2C(=O)c1ccccc1. The number of anilines is 1. The molecule has 0 atom stereocenters. The van der Waals surface area contributed by atoms with Crippen LogP contribution in [0.4, 0.5) is 5.69 Å². The molecule has 2 aromatic carbocycles. The fraction of sp³-hybridized carbons (Fsp3) is 0.222. The van der Waals surface area contributed by atoms with E-state index in [9.17, 15) is 18.0 Å². The molecule has 1 N–H and O–H groups in total. The molecule has 0 unspecified atom stereocenters. The lowest BCUT2D eigenvalue weighted by Crippen LogP contribution is -2.30. The smallest absolute Gasteiger partial charge is 0.258 e. The Kier molecular flexibility index (Phi) is 4.59. The topological polar surface area (TPSA) is 83.6 Å². The van der Waals surface area contributed by atoms with Crippen molar-refractivity contribution < 1.29 is 18.0 Å². The van der Waals surface area contributed by atoms with E-state index in [0.717, 1.165) is 23.1 Å². The highest BCUT2D eigenvalue weighted by molar-refractivity contribution is 7.89. The summed E-state index contributed by atoms with van der Waals surface area (Å²) in [6.07, 6.45) is 1.54. The highest BCUT2D eigenvalue weighted by Crippen LogP contribution is 2.32. The van der Waals surface area contributed by atoms with Crippen LogP contribution in [0.3, 0.4) is 0 Å². The second-order valence-corrected chi connectivity index (χ2v) is 7.71. The largest absolute Gasteiger partial charge is 0.308 e. The fourth-order valence-electron chi connectivity index (χ4n) is 3.04. The number of rotatable bonds is 4. The van der Waals surface area contributed by atoms with Crippen molar-refractivity contribution in [1.82, 2.24) is 4.72 Å². The molecule has 0 saturated carbocycles. The molecule has 0 spiro atoms. The molecular weight excluding hydrogens is 340 g/mol. The van der Waals surface area contributed by atoms with Gasteiger partial charge < -0.3 is 4.90 Å². The van der Waals surface area contributed by atoms with Crippen LogP contribution in [0.5, 0.6) is 0 Å². The zero-order valence-electron chi connectivity index (χ0n) is 13.7. The van der Waals surface area contributed by atoms with Gasteiger partial charge in [0.1, 0.15) is 0 Å². The fourth-order valence-corrected chi connectivity index (χ4v) is 3.52. The van der Waals surface area contributed by atoms with Crippen molar-refractivity contribution in [2.75, 3.05) is 17.7 Å². The van der Waals surface area contributed by atoms with Crippen LogP contribution in [0, 0.1) is 0 Å². The molecule has 1 aliphatic heterocycles. The molecule has 0 saturated heterocycles. The first kappa shape index (κ1) is 17.2. The average molecular weight is 358 g/mol. The Morgan fingerprint density at radius 3 is 2.48 bits per heavy atom. The first-order valence-corrected chi connectivity index (χ1v) is 9.72. The first-order valence-electron chi connectivity index (χ1n) is 7.83. The van der Waals surface area contributed by atoms with Crippen molar-refractivity contribution in [3.8, 4) is 0 Å². The molecule has 0 aromatic heterocycles. The Bertz CT molecular complexity index is 923. The minimum absolute atomic E-state index is 0.0381. The highest BCUT2D eigenvalue weighted by atomic mass is 32.2. The maximum absolute atomic E-state index is 12.7. The van der Waals surface area contributed by atoms with Crippen LogP contribution in [0.15, 0.2) is 48.5 Å². The summed E-state index contributed by atoms with van der Waals surface area (Å²) in [4.78, 5) is 26.3. The summed E-state index contributed by atoms with van der Waals surface area (Å²) in [5.41, 5.74) is 3.03. The molecule has 6 nitrogen and oxygen atoms in total. The van der Waals surface area contributed by atoms with Gasteiger partial charge in [-0.3, -0.25) is 14.3 Å². The second-order valence-electron chi connectivity index (χ2n) is 5.96. The van der Waals surface area contributed by atoms with E-state index < -0.39 is 15.9 Å². The quantitative estimate of drug-likeness (QED) is 0.898. The Morgan fingerprint density at radius 2 is 1.80 bits per heavy atom. The molecule has 7 heteroatoms. The third-order valence-electron chi connectivity index (χ3n) is 4.04. The van der Waals surface area contributed by atoms with Crippen LogP contribution in [0.25, 0.3) is 0 Å². The molecule has 3 rings (SSSR count). The number of amides is 2. The number of nitrogens with zero attached hydrogens (tertiary/aromatic N) is 1. The van der Waals surface area contributed by atoms with Crippen LogP contribution >= 0.6 is 0 Å². The molecule has 1 heterocycles. The number of carbonyl (C=O) groups is 2. The molecule has 0 fully saturated rings. The van der Waals surface area contributed by atoms with Crippen molar-refractivity contribution in [3.05, 3.63) is 65.2 Å². The van der Waals surface area contributed by atoms with Gasteiger partial charge in [-0.05, 0) is 35.7 Å². The molecule has 0 radical (unpaired) electrons. The number of benzene rings is 2. The van der Waals surface area contributed by atoms with E-state index in [1.807, 2.05) is 29.0 Å². The van der Waals surface area contributed by atoms with Crippen LogP contribution in [0.2, 0.25) is 0 Å². The number of fused-ring (bicyclic) bond motifs is 1. The third kappa shape index (κ3) is 3.88. The highest BCUT2D eigenvalue weighted by Gasteiger charge is 2.27. The zero-order chi connectivity index (χ0) is 18.0. The predicted molar refractivity (Wildman–Crippen MR) is 95.0 cm³/mol. The van der Waals surface area contributed by atoms with Crippen LogP contribution < -0.4 is 9.62 Å². The van der Waals surface area contributed by atoms with Crippen molar-refractivity contribution in [2.24, 2.45) is 0 Å². The summed E-state index contributed by atoms with van der Waals surface area (Å²) in [5.74, 6) is -0.666. The average Bonchev–Trinajstić information content (AvgIpc) is 2.98. The number of sulfonamides is 1. The standard InChI is InChI=1S/C18H18N2O4S/c1-25(23,24)19-17(21)12-14-8-5-9-16-15(14)10-11-20(16)18(22)13-6-3-2-4-7-13/h2-9H,10-12H2,1H3,(H,19,21). The summed E-state index contributed by atoms with van der Waals surface area (Å²) in [6.45, 7) is 0.535. The second kappa shape index (κ2) is 6.68. The molecule has 0 aliphatic carbocycles. The number of carbonyl (C=O) groups excluding carboxylic acids is 2. The first-order chi connectivity index (χ1) is 11.8. The molecule has 2 aromatic rings. The minimum Gasteiger partial charge on any atom is -0.308 e. The predicted octanol–water partition coefficient (Wildman–Crippen LogP) is 1.51. The van der Waals surface area contributed by atoms with Crippen molar-refractivity contribution in [1.29, 1.82) is 0 Å². The third-order valence-corrected chi connectivity index (χ3v) is 4.64. The van der Waals surface area contributed by atoms with Gasteiger partial charge >= 0.3 is 0 Å². The monoisotopic (exact) mass is 358 g/mol. The minimum atomic E-state index is -3.58. The Balaban J connectivity index is 1.85. The number of hydrogen-bond donors (Lipinski definition) is 1. The molecule has 0 bridgehead atoms. The lowest BCUT2D eigenvalue weighted by Gasteiger charge is -2.18. The van der Waals surface area contributed by atoms with Crippen molar-refractivity contribution >= 4 is 27.5 Å². The summed E-state index contributed by atoms with van der Waals surface area (Å²) >= 11 is 0. The van der Waals surface area contributed by atoms with Gasteiger partial charge in [-0.1, -0.05) is 30.3 Å². The van der Waals surface area contributed by atoms with E-state index in [4.69, 9.17) is 0 Å².